The van der Waals surface area contributed by atoms with Crippen molar-refractivity contribution in [3.8, 4) is 5.75 Å². The second kappa shape index (κ2) is 4.11. The number of methoxy groups -OCH3 is 1. The van der Waals surface area contributed by atoms with Crippen LogP contribution in [0.5, 0.6) is 5.75 Å². The van der Waals surface area contributed by atoms with Gasteiger partial charge in [-0.25, -0.2) is 8.78 Å². The third-order valence-corrected chi connectivity index (χ3v) is 2.07. The maximum Gasteiger partial charge on any atom is 0.192 e. The molecule has 0 bridgehead atoms. The Morgan fingerprint density at radius 1 is 1.43 bits per heavy atom. The van der Waals surface area contributed by atoms with Crippen LogP contribution >= 0.6 is 11.6 Å². The van der Waals surface area contributed by atoms with E-state index in [0.717, 1.165) is 13.2 Å². The summed E-state index contributed by atoms with van der Waals surface area (Å²) < 4.78 is 31.0. The maximum atomic E-state index is 13.4. The molecule has 14 heavy (non-hydrogen) atoms. The lowest BCUT2D eigenvalue weighted by Gasteiger charge is -2.11. The average molecular weight is 223 g/mol. The van der Waals surface area contributed by atoms with Crippen molar-refractivity contribution in [3.05, 3.63) is 28.3 Å². The Labute approximate surface area is 85.1 Å². The lowest BCUT2D eigenvalue weighted by molar-refractivity contribution is 0.192. The zero-order valence-corrected chi connectivity index (χ0v) is 8.40. The molecule has 0 aliphatic carbocycles. The Hall–Kier alpha value is -0.870. The molecule has 1 unspecified atom stereocenters. The fourth-order valence-corrected chi connectivity index (χ4v) is 1.29. The van der Waals surface area contributed by atoms with Crippen LogP contribution in [0.4, 0.5) is 8.78 Å². The highest BCUT2D eigenvalue weighted by Crippen LogP contribution is 2.33. The van der Waals surface area contributed by atoms with E-state index in [0.29, 0.717) is 0 Å². The van der Waals surface area contributed by atoms with Gasteiger partial charge in [-0.3, -0.25) is 0 Å². The number of benzene rings is 1. The minimum absolute atomic E-state index is 0.0896. The van der Waals surface area contributed by atoms with Gasteiger partial charge < -0.3 is 9.84 Å². The lowest BCUT2D eigenvalue weighted by atomic mass is 10.1. The third kappa shape index (κ3) is 1.81. The number of aliphatic hydroxyl groups excluding tert-OH is 1. The van der Waals surface area contributed by atoms with E-state index in [-0.39, 0.29) is 10.6 Å². The second-order valence-electron chi connectivity index (χ2n) is 2.78. The van der Waals surface area contributed by atoms with Gasteiger partial charge in [-0.05, 0) is 13.0 Å². The van der Waals surface area contributed by atoms with Crippen LogP contribution in [0.2, 0.25) is 5.02 Å². The van der Waals surface area contributed by atoms with E-state index in [2.05, 4.69) is 4.74 Å². The standard InChI is InChI=1S/C9H9ClF2O2/c1-4(13)5-3-6(10)8(12)9(14-2)7(5)11/h3-4,13H,1-2H3. The van der Waals surface area contributed by atoms with Crippen molar-refractivity contribution in [2.24, 2.45) is 0 Å². The van der Waals surface area contributed by atoms with Gasteiger partial charge >= 0.3 is 0 Å². The maximum absolute atomic E-state index is 13.4. The molecule has 0 heterocycles. The molecule has 0 saturated heterocycles. The molecule has 0 saturated carbocycles. The Kier molecular flexibility index (Phi) is 3.29. The Morgan fingerprint density at radius 2 is 2.00 bits per heavy atom. The molecule has 5 heteroatoms. The summed E-state index contributed by atoms with van der Waals surface area (Å²) in [4.78, 5) is 0. The molecule has 1 aromatic rings. The number of rotatable bonds is 2. The molecule has 78 valence electrons. The van der Waals surface area contributed by atoms with Gasteiger partial charge in [-0.15, -0.1) is 0 Å². The zero-order valence-electron chi connectivity index (χ0n) is 7.64. The van der Waals surface area contributed by atoms with Crippen molar-refractivity contribution in [1.82, 2.24) is 0 Å². The largest absolute Gasteiger partial charge is 0.491 e. The van der Waals surface area contributed by atoms with E-state index in [1.54, 1.807) is 0 Å². The highest BCUT2D eigenvalue weighted by atomic mass is 35.5. The van der Waals surface area contributed by atoms with Gasteiger partial charge in [-0.2, -0.15) is 0 Å². The summed E-state index contributed by atoms with van der Waals surface area (Å²) in [5.41, 5.74) is -0.0896. The van der Waals surface area contributed by atoms with Crippen LogP contribution in [0.15, 0.2) is 6.07 Å². The Balaban J connectivity index is 3.42. The summed E-state index contributed by atoms with van der Waals surface area (Å²) in [5, 5.41) is 8.88. The van der Waals surface area contributed by atoms with Gasteiger partial charge in [0.25, 0.3) is 0 Å². The minimum Gasteiger partial charge on any atom is -0.491 e. The third-order valence-electron chi connectivity index (χ3n) is 1.80. The second-order valence-corrected chi connectivity index (χ2v) is 3.19. The average Bonchev–Trinajstić information content (AvgIpc) is 2.12. The quantitative estimate of drug-likeness (QED) is 0.780. The number of aliphatic hydroxyl groups is 1. The van der Waals surface area contributed by atoms with E-state index < -0.39 is 23.5 Å². The van der Waals surface area contributed by atoms with E-state index in [1.165, 1.54) is 6.92 Å². The summed E-state index contributed by atoms with van der Waals surface area (Å²) in [6.07, 6.45) is -1.07. The first-order chi connectivity index (χ1) is 6.49. The van der Waals surface area contributed by atoms with Crippen LogP contribution in [-0.2, 0) is 0 Å². The monoisotopic (exact) mass is 222 g/mol. The van der Waals surface area contributed by atoms with Gasteiger partial charge in [0.15, 0.2) is 17.4 Å². The van der Waals surface area contributed by atoms with Crippen LogP contribution in [0.3, 0.4) is 0 Å². The molecule has 0 aliphatic rings. The fourth-order valence-electron chi connectivity index (χ4n) is 1.08. The molecule has 0 spiro atoms. The lowest BCUT2D eigenvalue weighted by Crippen LogP contribution is -2.02. The highest BCUT2D eigenvalue weighted by Gasteiger charge is 2.20. The molecule has 0 aliphatic heterocycles. The van der Waals surface area contributed by atoms with Crippen molar-refractivity contribution in [2.45, 2.75) is 13.0 Å². The van der Waals surface area contributed by atoms with Crippen LogP contribution in [0.1, 0.15) is 18.6 Å². The van der Waals surface area contributed by atoms with Gasteiger partial charge in [0.05, 0.1) is 18.2 Å². The van der Waals surface area contributed by atoms with Crippen LogP contribution in [-0.4, -0.2) is 12.2 Å². The highest BCUT2D eigenvalue weighted by molar-refractivity contribution is 6.31. The fraction of sp³-hybridized carbons (Fsp3) is 0.333. The van der Waals surface area contributed by atoms with Gasteiger partial charge in [0, 0.05) is 5.56 Å². The van der Waals surface area contributed by atoms with Crippen molar-refractivity contribution >= 4 is 11.6 Å². The molecule has 1 N–H and O–H groups in total. The van der Waals surface area contributed by atoms with Crippen LogP contribution in [0, 0.1) is 11.6 Å². The van der Waals surface area contributed by atoms with E-state index in [1.807, 2.05) is 0 Å². The van der Waals surface area contributed by atoms with Crippen molar-refractivity contribution in [3.63, 3.8) is 0 Å². The first kappa shape index (κ1) is 11.2. The number of halogens is 3. The van der Waals surface area contributed by atoms with Gasteiger partial charge in [0.2, 0.25) is 0 Å². The van der Waals surface area contributed by atoms with E-state index >= 15 is 0 Å². The van der Waals surface area contributed by atoms with E-state index in [9.17, 15) is 8.78 Å². The molecule has 1 aromatic carbocycles. The predicted molar refractivity (Wildman–Crippen MR) is 48.6 cm³/mol. The summed E-state index contributed by atoms with van der Waals surface area (Å²) in [7, 11) is 1.13. The molecule has 1 atom stereocenters. The van der Waals surface area contributed by atoms with Crippen molar-refractivity contribution in [2.75, 3.05) is 7.11 Å². The summed E-state index contributed by atoms with van der Waals surface area (Å²) in [6, 6.07) is 1.04. The first-order valence-electron chi connectivity index (χ1n) is 3.88. The Bertz CT molecular complexity index is 353. The number of ether oxygens (including phenoxy) is 1. The summed E-state index contributed by atoms with van der Waals surface area (Å²) in [5.74, 6) is -2.46. The molecular formula is C9H9ClF2O2. The van der Waals surface area contributed by atoms with Crippen molar-refractivity contribution in [1.29, 1.82) is 0 Å². The predicted octanol–water partition coefficient (Wildman–Crippen LogP) is 2.68. The minimum atomic E-state index is -1.07. The van der Waals surface area contributed by atoms with Crippen LogP contribution in [0.25, 0.3) is 0 Å². The molecule has 0 amide bonds. The molecule has 0 radical (unpaired) electrons. The Morgan fingerprint density at radius 3 is 2.43 bits per heavy atom. The SMILES string of the molecule is COc1c(F)c(Cl)cc(C(C)O)c1F. The topological polar surface area (TPSA) is 29.5 Å². The zero-order chi connectivity index (χ0) is 10.9. The van der Waals surface area contributed by atoms with Gasteiger partial charge in [-0.1, -0.05) is 11.6 Å². The molecule has 0 fully saturated rings. The van der Waals surface area contributed by atoms with Crippen molar-refractivity contribution < 1.29 is 18.6 Å². The molecule has 2 nitrogen and oxygen atoms in total. The molecule has 0 aromatic heterocycles. The van der Waals surface area contributed by atoms with E-state index in [4.69, 9.17) is 16.7 Å². The summed E-state index contributed by atoms with van der Waals surface area (Å²) in [6.45, 7) is 1.35. The number of hydrogen-bond donors (Lipinski definition) is 1. The molecule has 1 rings (SSSR count). The number of hydrogen-bond acceptors (Lipinski definition) is 2. The van der Waals surface area contributed by atoms with Crippen LogP contribution < -0.4 is 4.74 Å². The normalized spacial score (nSPS) is 12.7. The smallest absolute Gasteiger partial charge is 0.192 e. The molecular weight excluding hydrogens is 214 g/mol. The van der Waals surface area contributed by atoms with Gasteiger partial charge in [0.1, 0.15) is 0 Å². The first-order valence-corrected chi connectivity index (χ1v) is 4.26. The summed E-state index contributed by atoms with van der Waals surface area (Å²) >= 11 is 5.48.